The second-order valence-electron chi connectivity index (χ2n) is 8.11. The van der Waals surface area contributed by atoms with Gasteiger partial charge in [-0.1, -0.05) is 18.9 Å². The second kappa shape index (κ2) is 10.9. The first-order valence-corrected chi connectivity index (χ1v) is 11.4. The molecule has 0 saturated carbocycles. The predicted octanol–water partition coefficient (Wildman–Crippen LogP) is 1.76. The van der Waals surface area contributed by atoms with Crippen LogP contribution in [0.2, 0.25) is 0 Å². The topological polar surface area (TPSA) is 120 Å². The highest BCUT2D eigenvalue weighted by Gasteiger charge is 2.33. The number of methoxy groups -OCH3 is 2. The van der Waals surface area contributed by atoms with Crippen LogP contribution in [-0.4, -0.2) is 71.0 Å². The van der Waals surface area contributed by atoms with Crippen molar-refractivity contribution in [3.05, 3.63) is 47.9 Å². The van der Waals surface area contributed by atoms with E-state index in [1.54, 1.807) is 35.9 Å². The third kappa shape index (κ3) is 5.36. The van der Waals surface area contributed by atoms with Gasteiger partial charge in [0.2, 0.25) is 5.91 Å². The van der Waals surface area contributed by atoms with Gasteiger partial charge in [0.25, 0.3) is 0 Å². The van der Waals surface area contributed by atoms with E-state index in [0.717, 1.165) is 13.0 Å². The van der Waals surface area contributed by atoms with Gasteiger partial charge < -0.3 is 25.4 Å². The lowest BCUT2D eigenvalue weighted by Crippen LogP contribution is -2.50. The molecule has 0 bridgehead atoms. The van der Waals surface area contributed by atoms with Gasteiger partial charge in [-0.25, -0.2) is 14.6 Å². The smallest absolute Gasteiger partial charge is 0.246 e. The van der Waals surface area contributed by atoms with E-state index in [1.165, 1.54) is 6.33 Å². The molecule has 10 nitrogen and oxygen atoms in total. The highest BCUT2D eigenvalue weighted by Crippen LogP contribution is 2.28. The molecule has 0 spiro atoms. The van der Waals surface area contributed by atoms with Crippen molar-refractivity contribution in [2.24, 2.45) is 0 Å². The van der Waals surface area contributed by atoms with E-state index in [-0.39, 0.29) is 11.9 Å². The molecule has 0 radical (unpaired) electrons. The van der Waals surface area contributed by atoms with Crippen LogP contribution < -0.4 is 20.5 Å². The number of nitrogens with zero attached hydrogens (tertiary/aromatic N) is 5. The fourth-order valence-electron chi connectivity index (χ4n) is 3.77. The van der Waals surface area contributed by atoms with Crippen molar-refractivity contribution < 1.29 is 14.3 Å². The third-order valence-corrected chi connectivity index (χ3v) is 5.66. The Kier molecular flexibility index (Phi) is 7.48. The van der Waals surface area contributed by atoms with Crippen LogP contribution in [0.25, 0.3) is 11.0 Å². The van der Waals surface area contributed by atoms with Gasteiger partial charge >= 0.3 is 0 Å². The number of aromatic nitrogens is 4. The number of benzene rings is 1. The second-order valence-corrected chi connectivity index (χ2v) is 8.11. The Bertz CT molecular complexity index is 1280. The standard InChI is InChI=1S/C25H29N7O3/c1-4-9-27-10-5-6-22(33)31-14-18(15-31)32-25-23(24(26)28-16-29-25)21(30-32)8-7-17-11-19(34-2)13-20(12-17)35-3/h5-6,11-13,16,18,27H,4,9-10,14-15H2,1-3H3,(H2,26,28,29). The zero-order valence-corrected chi connectivity index (χ0v) is 20.1. The summed E-state index contributed by atoms with van der Waals surface area (Å²) < 4.78 is 12.4. The molecule has 3 heterocycles. The molecule has 4 rings (SSSR count). The minimum absolute atomic E-state index is 0.0165. The van der Waals surface area contributed by atoms with Crippen molar-refractivity contribution >= 4 is 22.8 Å². The molecule has 1 aromatic carbocycles. The number of carbonyl (C=O) groups excluding carboxylic acids is 1. The Morgan fingerprint density at radius 3 is 2.63 bits per heavy atom. The van der Waals surface area contributed by atoms with E-state index in [4.69, 9.17) is 20.3 Å². The number of likely N-dealkylation sites (tertiary alicyclic amines) is 1. The SMILES string of the molecule is CCCNCC=CC(=O)N1CC(n2nc(C#Cc3cc(OC)cc(OC)c3)c3c(N)ncnc32)C1. The largest absolute Gasteiger partial charge is 0.497 e. The highest BCUT2D eigenvalue weighted by molar-refractivity contribution is 5.91. The molecular weight excluding hydrogens is 446 g/mol. The summed E-state index contributed by atoms with van der Waals surface area (Å²) in [7, 11) is 3.18. The molecule has 2 aromatic heterocycles. The molecule has 3 N–H and O–H groups in total. The van der Waals surface area contributed by atoms with Crippen LogP contribution in [0.3, 0.4) is 0 Å². The van der Waals surface area contributed by atoms with Crippen LogP contribution in [0.5, 0.6) is 11.5 Å². The number of ether oxygens (including phenoxy) is 2. The van der Waals surface area contributed by atoms with Crippen molar-refractivity contribution in [3.63, 3.8) is 0 Å². The lowest BCUT2D eigenvalue weighted by atomic mass is 10.1. The van der Waals surface area contributed by atoms with Gasteiger partial charge in [-0.2, -0.15) is 5.10 Å². The first-order chi connectivity index (χ1) is 17.0. The summed E-state index contributed by atoms with van der Waals surface area (Å²) in [4.78, 5) is 22.7. The van der Waals surface area contributed by atoms with Crippen LogP contribution in [0.1, 0.15) is 30.6 Å². The van der Waals surface area contributed by atoms with Gasteiger partial charge in [0.15, 0.2) is 5.65 Å². The van der Waals surface area contributed by atoms with Gasteiger partial charge in [0.1, 0.15) is 29.3 Å². The molecule has 0 unspecified atom stereocenters. The van der Waals surface area contributed by atoms with Crippen LogP contribution in [0, 0.1) is 11.8 Å². The van der Waals surface area contributed by atoms with Crippen LogP contribution in [0.15, 0.2) is 36.7 Å². The van der Waals surface area contributed by atoms with Gasteiger partial charge in [0.05, 0.1) is 25.6 Å². The minimum atomic E-state index is -0.0187. The number of nitrogens with one attached hydrogen (secondary N) is 1. The summed E-state index contributed by atoms with van der Waals surface area (Å²) in [5, 5.41) is 8.53. The van der Waals surface area contributed by atoms with Gasteiger partial charge in [0, 0.05) is 37.3 Å². The Morgan fingerprint density at radius 2 is 1.94 bits per heavy atom. The van der Waals surface area contributed by atoms with Crippen LogP contribution >= 0.6 is 0 Å². The van der Waals surface area contributed by atoms with E-state index in [1.807, 2.05) is 18.2 Å². The zero-order chi connectivity index (χ0) is 24.8. The number of rotatable bonds is 8. The van der Waals surface area contributed by atoms with Crippen molar-refractivity contribution in [2.45, 2.75) is 19.4 Å². The Balaban J connectivity index is 1.55. The summed E-state index contributed by atoms with van der Waals surface area (Å²) in [5.74, 6) is 7.78. The van der Waals surface area contributed by atoms with Crippen LogP contribution in [-0.2, 0) is 4.79 Å². The molecule has 1 aliphatic rings. The molecule has 182 valence electrons. The number of carbonyl (C=O) groups is 1. The summed E-state index contributed by atoms with van der Waals surface area (Å²) in [6.07, 6.45) is 5.93. The van der Waals surface area contributed by atoms with Crippen molar-refractivity contribution in [2.75, 3.05) is 46.1 Å². The average molecular weight is 476 g/mol. The first kappa shape index (κ1) is 24.0. The number of nitrogens with two attached hydrogens (primary N) is 1. The Labute approximate surface area is 204 Å². The molecule has 35 heavy (non-hydrogen) atoms. The molecule has 3 aromatic rings. The van der Waals surface area contributed by atoms with Crippen molar-refractivity contribution in [1.82, 2.24) is 30.0 Å². The maximum atomic E-state index is 12.4. The Hall–Kier alpha value is -4.10. The van der Waals surface area contributed by atoms with E-state index < -0.39 is 0 Å². The maximum absolute atomic E-state index is 12.4. The molecule has 0 atom stereocenters. The monoisotopic (exact) mass is 475 g/mol. The maximum Gasteiger partial charge on any atom is 0.246 e. The fraction of sp³-hybridized carbons (Fsp3) is 0.360. The van der Waals surface area contributed by atoms with Crippen LogP contribution in [0.4, 0.5) is 5.82 Å². The highest BCUT2D eigenvalue weighted by atomic mass is 16.5. The third-order valence-electron chi connectivity index (χ3n) is 5.66. The normalized spacial score (nSPS) is 13.5. The molecule has 1 fully saturated rings. The van der Waals surface area contributed by atoms with E-state index >= 15 is 0 Å². The van der Waals surface area contributed by atoms with Gasteiger partial charge in [-0.05, 0) is 31.0 Å². The molecule has 1 amide bonds. The van der Waals surface area contributed by atoms with E-state index in [2.05, 4.69) is 34.0 Å². The fourth-order valence-corrected chi connectivity index (χ4v) is 3.77. The van der Waals surface area contributed by atoms with E-state index in [0.29, 0.717) is 59.2 Å². The van der Waals surface area contributed by atoms with Crippen molar-refractivity contribution in [3.8, 4) is 23.3 Å². The van der Waals surface area contributed by atoms with Gasteiger partial charge in [-0.3, -0.25) is 4.79 Å². The van der Waals surface area contributed by atoms with E-state index in [9.17, 15) is 4.79 Å². The lowest BCUT2D eigenvalue weighted by molar-refractivity contribution is -0.131. The minimum Gasteiger partial charge on any atom is -0.497 e. The number of fused-ring (bicyclic) bond motifs is 1. The average Bonchev–Trinajstić information content (AvgIpc) is 3.21. The molecule has 1 aliphatic heterocycles. The number of anilines is 1. The number of amides is 1. The zero-order valence-electron chi connectivity index (χ0n) is 20.1. The Morgan fingerprint density at radius 1 is 1.20 bits per heavy atom. The van der Waals surface area contributed by atoms with Crippen molar-refractivity contribution in [1.29, 1.82) is 0 Å². The van der Waals surface area contributed by atoms with Gasteiger partial charge in [-0.15, -0.1) is 0 Å². The summed E-state index contributed by atoms with van der Waals surface area (Å²) in [6.45, 7) is 4.78. The molecule has 0 aliphatic carbocycles. The number of hydrogen-bond acceptors (Lipinski definition) is 8. The molecular formula is C25H29N7O3. The molecule has 1 saturated heterocycles. The number of hydrogen-bond donors (Lipinski definition) is 2. The summed E-state index contributed by atoms with van der Waals surface area (Å²) in [5.41, 5.74) is 7.95. The number of nitrogen functional groups attached to an aromatic ring is 1. The summed E-state index contributed by atoms with van der Waals surface area (Å²) >= 11 is 0. The quantitative estimate of drug-likeness (QED) is 0.287. The predicted molar refractivity (Wildman–Crippen MR) is 133 cm³/mol. The summed E-state index contributed by atoms with van der Waals surface area (Å²) in [6, 6.07) is 5.39. The molecule has 10 heteroatoms. The first-order valence-electron chi connectivity index (χ1n) is 11.4. The lowest BCUT2D eigenvalue weighted by Gasteiger charge is -2.38.